The Morgan fingerprint density at radius 3 is 2.62 bits per heavy atom. The van der Waals surface area contributed by atoms with Crippen molar-refractivity contribution >= 4 is 29.0 Å². The smallest absolute Gasteiger partial charge is 0.229 e. The van der Waals surface area contributed by atoms with E-state index in [9.17, 15) is 9.59 Å². The second kappa shape index (κ2) is 9.41. The number of methoxy groups -OCH3 is 1. The number of rotatable bonds is 6. The first-order valence-electron chi connectivity index (χ1n) is 10.2. The van der Waals surface area contributed by atoms with Crippen LogP contribution in [-0.4, -0.2) is 57.0 Å². The van der Waals surface area contributed by atoms with Crippen LogP contribution in [-0.2, 0) is 9.59 Å². The third-order valence-electron chi connectivity index (χ3n) is 5.18. The van der Waals surface area contributed by atoms with Crippen molar-refractivity contribution in [3.05, 3.63) is 43.0 Å². The van der Waals surface area contributed by atoms with Crippen molar-refractivity contribution in [3.63, 3.8) is 0 Å². The molecule has 1 aliphatic heterocycles. The summed E-state index contributed by atoms with van der Waals surface area (Å²) in [7, 11) is 1.53. The van der Waals surface area contributed by atoms with E-state index in [0.29, 0.717) is 35.3 Å². The topological polar surface area (TPSA) is 127 Å². The second-order valence-electron chi connectivity index (χ2n) is 7.46. The van der Waals surface area contributed by atoms with Gasteiger partial charge in [-0.2, -0.15) is 5.10 Å². The van der Waals surface area contributed by atoms with Gasteiger partial charge < -0.3 is 20.3 Å². The Labute approximate surface area is 184 Å². The molecule has 2 amide bonds. The van der Waals surface area contributed by atoms with Crippen LogP contribution in [0.4, 0.5) is 17.2 Å². The molecule has 4 rings (SSSR count). The van der Waals surface area contributed by atoms with Gasteiger partial charge in [0.1, 0.15) is 18.4 Å². The summed E-state index contributed by atoms with van der Waals surface area (Å²) in [5, 5.41) is 18.2. The summed E-state index contributed by atoms with van der Waals surface area (Å²) in [5.41, 5.74) is 1.10. The van der Waals surface area contributed by atoms with E-state index in [2.05, 4.69) is 35.8 Å². The molecule has 1 saturated heterocycles. The molecule has 0 radical (unpaired) electrons. The Bertz CT molecular complexity index is 1080. The predicted octanol–water partition coefficient (Wildman–Crippen LogP) is 1.88. The van der Waals surface area contributed by atoms with Crippen LogP contribution in [0.5, 0.6) is 5.75 Å². The van der Waals surface area contributed by atoms with Crippen LogP contribution in [0.25, 0.3) is 5.82 Å². The maximum atomic E-state index is 13.0. The molecular formula is C21H24N8O3. The van der Waals surface area contributed by atoms with Crippen LogP contribution in [0.15, 0.2) is 43.0 Å². The van der Waals surface area contributed by atoms with Crippen molar-refractivity contribution in [3.8, 4) is 11.6 Å². The highest BCUT2D eigenvalue weighted by atomic mass is 16.5. The van der Waals surface area contributed by atoms with Crippen LogP contribution in [0.2, 0.25) is 0 Å². The molecule has 2 aromatic heterocycles. The average Bonchev–Trinajstić information content (AvgIpc) is 3.34. The van der Waals surface area contributed by atoms with Gasteiger partial charge in [0.15, 0.2) is 11.6 Å². The van der Waals surface area contributed by atoms with Gasteiger partial charge in [0, 0.05) is 25.7 Å². The summed E-state index contributed by atoms with van der Waals surface area (Å²) in [4.78, 5) is 30.3. The second-order valence-corrected chi connectivity index (χ2v) is 7.46. The Hall–Kier alpha value is -4.02. The molecule has 3 aromatic rings. The van der Waals surface area contributed by atoms with Crippen LogP contribution in [0.3, 0.4) is 0 Å². The van der Waals surface area contributed by atoms with Gasteiger partial charge in [0.2, 0.25) is 11.8 Å². The first-order valence-corrected chi connectivity index (χ1v) is 10.2. The van der Waals surface area contributed by atoms with Gasteiger partial charge in [-0.25, -0.2) is 9.67 Å². The van der Waals surface area contributed by atoms with Crippen molar-refractivity contribution < 1.29 is 14.3 Å². The van der Waals surface area contributed by atoms with Crippen molar-refractivity contribution in [2.45, 2.75) is 19.8 Å². The number of hydrogen-bond donors (Lipinski definition) is 2. The highest BCUT2D eigenvalue weighted by Gasteiger charge is 2.27. The molecule has 0 aliphatic carbocycles. The molecule has 1 atom stereocenters. The molecule has 11 nitrogen and oxygen atoms in total. The van der Waals surface area contributed by atoms with E-state index < -0.39 is 0 Å². The number of carbonyl (C=O) groups excluding carboxylic acids is 2. The van der Waals surface area contributed by atoms with Gasteiger partial charge in [-0.1, -0.05) is 0 Å². The van der Waals surface area contributed by atoms with Gasteiger partial charge >= 0.3 is 0 Å². The van der Waals surface area contributed by atoms with E-state index in [1.807, 2.05) is 12.1 Å². The largest absolute Gasteiger partial charge is 0.495 e. The zero-order chi connectivity index (χ0) is 22.5. The van der Waals surface area contributed by atoms with Crippen LogP contribution >= 0.6 is 0 Å². The minimum Gasteiger partial charge on any atom is -0.495 e. The first kappa shape index (κ1) is 21.2. The van der Waals surface area contributed by atoms with Crippen molar-refractivity contribution in [2.24, 2.45) is 5.92 Å². The standard InChI is InChI=1S/C21H24N8O3/c1-14(30)24-16-5-6-18(32-2)17(10-16)25-21(31)15-4-3-9-28(11-15)19-7-8-20(27-26-19)29-13-22-12-23-29/h5-8,10,12-13,15H,3-4,9,11H2,1-2H3,(H,24,30)(H,25,31). The lowest BCUT2D eigenvalue weighted by Gasteiger charge is -2.32. The molecule has 32 heavy (non-hydrogen) atoms. The van der Waals surface area contributed by atoms with Gasteiger partial charge in [0.05, 0.1) is 18.7 Å². The van der Waals surface area contributed by atoms with Crippen LogP contribution < -0.4 is 20.3 Å². The van der Waals surface area contributed by atoms with Crippen molar-refractivity contribution in [2.75, 3.05) is 35.7 Å². The summed E-state index contributed by atoms with van der Waals surface area (Å²) in [6, 6.07) is 8.80. The first-order chi connectivity index (χ1) is 15.5. The lowest BCUT2D eigenvalue weighted by molar-refractivity contribution is -0.120. The average molecular weight is 436 g/mol. The Morgan fingerprint density at radius 1 is 1.12 bits per heavy atom. The minimum atomic E-state index is -0.227. The number of amides is 2. The molecule has 166 valence electrons. The molecule has 1 aromatic carbocycles. The fourth-order valence-corrected chi connectivity index (χ4v) is 3.66. The monoisotopic (exact) mass is 436 g/mol. The summed E-state index contributed by atoms with van der Waals surface area (Å²) >= 11 is 0. The quantitative estimate of drug-likeness (QED) is 0.600. The SMILES string of the molecule is COc1ccc(NC(C)=O)cc1NC(=O)C1CCCN(c2ccc(-n3cncn3)nn2)C1. The van der Waals surface area contributed by atoms with E-state index in [1.165, 1.54) is 25.0 Å². The normalized spacial score (nSPS) is 15.8. The molecule has 0 bridgehead atoms. The maximum absolute atomic E-state index is 13.0. The molecular weight excluding hydrogens is 412 g/mol. The molecule has 11 heteroatoms. The van der Waals surface area contributed by atoms with Gasteiger partial charge in [-0.15, -0.1) is 10.2 Å². The molecule has 0 saturated carbocycles. The van der Waals surface area contributed by atoms with Gasteiger partial charge in [-0.05, 0) is 43.2 Å². The highest BCUT2D eigenvalue weighted by molar-refractivity contribution is 5.96. The van der Waals surface area contributed by atoms with E-state index in [-0.39, 0.29) is 17.7 Å². The fraction of sp³-hybridized carbons (Fsp3) is 0.333. The zero-order valence-electron chi connectivity index (χ0n) is 17.9. The Kier molecular flexibility index (Phi) is 6.24. The lowest BCUT2D eigenvalue weighted by atomic mass is 9.97. The maximum Gasteiger partial charge on any atom is 0.229 e. The highest BCUT2D eigenvalue weighted by Crippen LogP contribution is 2.30. The number of nitrogens with zero attached hydrogens (tertiary/aromatic N) is 6. The number of piperidine rings is 1. The lowest BCUT2D eigenvalue weighted by Crippen LogP contribution is -2.41. The fourth-order valence-electron chi connectivity index (χ4n) is 3.66. The van der Waals surface area contributed by atoms with E-state index in [0.717, 1.165) is 19.4 Å². The van der Waals surface area contributed by atoms with Crippen LogP contribution in [0, 0.1) is 5.92 Å². The molecule has 3 heterocycles. The summed E-state index contributed by atoms with van der Waals surface area (Å²) in [6.07, 6.45) is 4.61. The third-order valence-corrected chi connectivity index (χ3v) is 5.18. The Balaban J connectivity index is 1.44. The van der Waals surface area contributed by atoms with Gasteiger partial charge in [0.25, 0.3) is 0 Å². The number of carbonyl (C=O) groups is 2. The molecule has 1 aliphatic rings. The Morgan fingerprint density at radius 2 is 1.94 bits per heavy atom. The number of nitrogens with one attached hydrogen (secondary N) is 2. The third kappa shape index (κ3) is 4.82. The number of hydrogen-bond acceptors (Lipinski definition) is 8. The number of anilines is 3. The number of ether oxygens (including phenoxy) is 1. The van der Waals surface area contributed by atoms with E-state index in [4.69, 9.17) is 4.74 Å². The molecule has 0 spiro atoms. The summed E-state index contributed by atoms with van der Waals surface area (Å²) in [5.74, 6) is 1.27. The molecule has 1 fully saturated rings. The molecule has 1 unspecified atom stereocenters. The number of benzene rings is 1. The summed E-state index contributed by atoms with van der Waals surface area (Å²) < 4.78 is 6.89. The van der Waals surface area contributed by atoms with Crippen molar-refractivity contribution in [1.82, 2.24) is 25.0 Å². The molecule has 2 N–H and O–H groups in total. The van der Waals surface area contributed by atoms with Crippen molar-refractivity contribution in [1.29, 1.82) is 0 Å². The number of aromatic nitrogens is 5. The van der Waals surface area contributed by atoms with E-state index in [1.54, 1.807) is 24.5 Å². The van der Waals surface area contributed by atoms with E-state index >= 15 is 0 Å². The predicted molar refractivity (Wildman–Crippen MR) is 118 cm³/mol. The van der Waals surface area contributed by atoms with Crippen LogP contribution in [0.1, 0.15) is 19.8 Å². The van der Waals surface area contributed by atoms with Gasteiger partial charge in [-0.3, -0.25) is 9.59 Å². The minimum absolute atomic E-state index is 0.111. The summed E-state index contributed by atoms with van der Waals surface area (Å²) in [6.45, 7) is 2.75. The zero-order valence-corrected chi connectivity index (χ0v) is 17.9.